The Kier molecular flexibility index (Phi) is 2.84. The third-order valence-electron chi connectivity index (χ3n) is 5.09. The lowest BCUT2D eigenvalue weighted by atomic mass is 9.54. The van der Waals surface area contributed by atoms with Gasteiger partial charge in [0, 0.05) is 11.1 Å². The van der Waals surface area contributed by atoms with Gasteiger partial charge in [-0.25, -0.2) is 0 Å². The Hall–Kier alpha value is -2.60. The van der Waals surface area contributed by atoms with Crippen LogP contribution >= 0.6 is 0 Å². The lowest BCUT2D eigenvalue weighted by Gasteiger charge is -2.41. The molecule has 5 heteroatoms. The van der Waals surface area contributed by atoms with Gasteiger partial charge in [0.25, 0.3) is 0 Å². The summed E-state index contributed by atoms with van der Waals surface area (Å²) in [6.07, 6.45) is 4.35. The summed E-state index contributed by atoms with van der Waals surface area (Å²) >= 11 is 0. The van der Waals surface area contributed by atoms with Gasteiger partial charge in [-0.15, -0.1) is 0 Å². The summed E-state index contributed by atoms with van der Waals surface area (Å²) in [5.74, 6) is 0. The molecule has 0 amide bonds. The Morgan fingerprint density at radius 1 is 0.857 bits per heavy atom. The zero-order valence-corrected chi connectivity index (χ0v) is 11.3. The standard InChI is InChI=1S/C16H12N4O/c17-7-11-3-5-15(9-19)13-1-2-14(21-13)16(15,10-20)6-4-12(11)8-18/h1-2,13-14H,3-6H2/t13-,14-,15-,16+/m0/s1. The fourth-order valence-corrected chi connectivity index (χ4v) is 3.88. The number of ether oxygens (including phenoxy) is 1. The Morgan fingerprint density at radius 2 is 1.29 bits per heavy atom. The quantitative estimate of drug-likeness (QED) is 0.631. The van der Waals surface area contributed by atoms with Crippen molar-refractivity contribution in [1.82, 2.24) is 0 Å². The van der Waals surface area contributed by atoms with Crippen molar-refractivity contribution in [2.45, 2.75) is 37.9 Å². The Balaban J connectivity index is 2.14. The van der Waals surface area contributed by atoms with Crippen LogP contribution in [0.15, 0.2) is 23.3 Å². The van der Waals surface area contributed by atoms with Gasteiger partial charge in [-0.1, -0.05) is 12.2 Å². The third kappa shape index (κ3) is 1.45. The van der Waals surface area contributed by atoms with Crippen LogP contribution in [-0.4, -0.2) is 12.2 Å². The van der Waals surface area contributed by atoms with Crippen molar-refractivity contribution >= 4 is 0 Å². The van der Waals surface area contributed by atoms with Gasteiger partial charge in [-0.3, -0.25) is 0 Å². The first-order valence-electron chi connectivity index (χ1n) is 6.86. The van der Waals surface area contributed by atoms with E-state index in [0.29, 0.717) is 36.8 Å². The van der Waals surface area contributed by atoms with Crippen molar-refractivity contribution in [3.8, 4) is 24.3 Å². The Morgan fingerprint density at radius 3 is 1.62 bits per heavy atom. The van der Waals surface area contributed by atoms with E-state index in [1.165, 1.54) is 0 Å². The summed E-state index contributed by atoms with van der Waals surface area (Å²) < 4.78 is 5.82. The molecule has 1 aliphatic carbocycles. The second kappa shape index (κ2) is 4.46. The molecule has 0 aromatic heterocycles. The topological polar surface area (TPSA) is 104 Å². The first-order chi connectivity index (χ1) is 10.2. The van der Waals surface area contributed by atoms with Crippen molar-refractivity contribution in [1.29, 1.82) is 21.0 Å². The van der Waals surface area contributed by atoms with Crippen molar-refractivity contribution in [3.05, 3.63) is 23.3 Å². The second-order valence-corrected chi connectivity index (χ2v) is 5.71. The summed E-state index contributed by atoms with van der Waals surface area (Å²) in [6, 6.07) is 8.82. The maximum absolute atomic E-state index is 9.79. The average molecular weight is 276 g/mol. The minimum Gasteiger partial charge on any atom is -0.363 e. The smallest absolute Gasteiger partial charge is 0.109 e. The molecule has 0 unspecified atom stereocenters. The molecule has 0 N–H and O–H groups in total. The van der Waals surface area contributed by atoms with Crippen LogP contribution in [0.5, 0.6) is 0 Å². The van der Waals surface area contributed by atoms with Crippen LogP contribution in [0.25, 0.3) is 0 Å². The minimum atomic E-state index is -0.926. The molecule has 0 radical (unpaired) electrons. The summed E-state index contributed by atoms with van der Waals surface area (Å²) in [6.45, 7) is 0. The number of hydrogen-bond donors (Lipinski definition) is 0. The van der Waals surface area contributed by atoms with Gasteiger partial charge >= 0.3 is 0 Å². The highest BCUT2D eigenvalue weighted by atomic mass is 16.5. The predicted octanol–water partition coefficient (Wildman–Crippen LogP) is 2.26. The van der Waals surface area contributed by atoms with E-state index < -0.39 is 23.0 Å². The zero-order chi connectivity index (χ0) is 15.1. The number of nitrogens with zero attached hydrogens (tertiary/aromatic N) is 4. The Bertz CT molecular complexity index is 663. The Labute approximate surface area is 123 Å². The fraction of sp³-hybridized carbons (Fsp3) is 0.500. The fourth-order valence-electron chi connectivity index (χ4n) is 3.88. The zero-order valence-electron chi connectivity index (χ0n) is 11.3. The SMILES string of the molecule is N#CC1=C(C#N)CC[C@]2(C#N)[C@@H]3C=C[C@H](O3)[C@]2(C#N)CC1. The molecule has 2 heterocycles. The lowest BCUT2D eigenvalue weighted by molar-refractivity contribution is 0.0898. The predicted molar refractivity (Wildman–Crippen MR) is 70.6 cm³/mol. The molecule has 1 fully saturated rings. The van der Waals surface area contributed by atoms with Crippen molar-refractivity contribution in [2.75, 3.05) is 0 Å². The van der Waals surface area contributed by atoms with Gasteiger partial charge in [0.2, 0.25) is 0 Å². The summed E-state index contributed by atoms with van der Waals surface area (Å²) in [7, 11) is 0. The van der Waals surface area contributed by atoms with Gasteiger partial charge in [0.05, 0.1) is 36.5 Å². The first-order valence-corrected chi connectivity index (χ1v) is 6.86. The highest BCUT2D eigenvalue weighted by molar-refractivity contribution is 5.43. The molecule has 5 nitrogen and oxygen atoms in total. The molecule has 0 saturated carbocycles. The van der Waals surface area contributed by atoms with Crippen molar-refractivity contribution in [3.63, 3.8) is 0 Å². The van der Waals surface area contributed by atoms with E-state index in [-0.39, 0.29) is 0 Å². The molecule has 0 aromatic carbocycles. The molecule has 0 spiro atoms. The van der Waals surface area contributed by atoms with Crippen LogP contribution in [0.3, 0.4) is 0 Å². The normalized spacial score (nSPS) is 40.2. The van der Waals surface area contributed by atoms with E-state index in [0.717, 1.165) is 0 Å². The summed E-state index contributed by atoms with van der Waals surface area (Å²) in [4.78, 5) is 0. The number of hydrogen-bond acceptors (Lipinski definition) is 5. The molecule has 4 atom stereocenters. The molecule has 2 bridgehead atoms. The van der Waals surface area contributed by atoms with Crippen LogP contribution in [-0.2, 0) is 4.74 Å². The third-order valence-corrected chi connectivity index (χ3v) is 5.09. The van der Waals surface area contributed by atoms with Crippen LogP contribution < -0.4 is 0 Å². The van der Waals surface area contributed by atoms with E-state index in [1.807, 2.05) is 12.2 Å². The van der Waals surface area contributed by atoms with E-state index in [1.54, 1.807) is 0 Å². The van der Waals surface area contributed by atoms with Gasteiger partial charge in [-0.2, -0.15) is 21.0 Å². The molecule has 3 aliphatic rings. The van der Waals surface area contributed by atoms with Gasteiger partial charge in [-0.05, 0) is 25.7 Å². The van der Waals surface area contributed by atoms with Crippen LogP contribution in [0.1, 0.15) is 25.7 Å². The molecule has 0 aromatic rings. The molecule has 1 saturated heterocycles. The lowest BCUT2D eigenvalue weighted by Crippen LogP contribution is -2.47. The maximum atomic E-state index is 9.79. The van der Waals surface area contributed by atoms with Crippen molar-refractivity contribution in [2.24, 2.45) is 10.8 Å². The van der Waals surface area contributed by atoms with Crippen molar-refractivity contribution < 1.29 is 4.74 Å². The molecular formula is C16H12N4O. The second-order valence-electron chi connectivity index (χ2n) is 5.71. The summed E-state index contributed by atoms with van der Waals surface area (Å²) in [5.41, 5.74) is -0.982. The number of rotatable bonds is 0. The van der Waals surface area contributed by atoms with Crippen LogP contribution in [0, 0.1) is 56.2 Å². The van der Waals surface area contributed by atoms with E-state index in [2.05, 4.69) is 24.3 Å². The maximum Gasteiger partial charge on any atom is 0.109 e. The monoisotopic (exact) mass is 276 g/mol. The minimum absolute atomic E-state index is 0.344. The molecule has 3 rings (SSSR count). The van der Waals surface area contributed by atoms with Crippen LogP contribution in [0.4, 0.5) is 0 Å². The molecular weight excluding hydrogens is 264 g/mol. The van der Waals surface area contributed by atoms with E-state index in [9.17, 15) is 21.0 Å². The van der Waals surface area contributed by atoms with E-state index in [4.69, 9.17) is 4.74 Å². The van der Waals surface area contributed by atoms with Gasteiger partial charge in [0.15, 0.2) is 0 Å². The number of allylic oxidation sites excluding steroid dienone is 2. The molecule has 2 aliphatic heterocycles. The average Bonchev–Trinajstić information content (AvgIpc) is 3.07. The molecule has 102 valence electrons. The number of fused-ring (bicyclic) bond motifs is 5. The molecule has 21 heavy (non-hydrogen) atoms. The highest BCUT2D eigenvalue weighted by Crippen LogP contribution is 2.62. The van der Waals surface area contributed by atoms with Crippen LogP contribution in [0.2, 0.25) is 0 Å². The van der Waals surface area contributed by atoms with Gasteiger partial charge in [0.1, 0.15) is 10.8 Å². The van der Waals surface area contributed by atoms with E-state index >= 15 is 0 Å². The summed E-state index contributed by atoms with van der Waals surface area (Å²) in [5, 5.41) is 38.0. The number of nitriles is 4. The highest BCUT2D eigenvalue weighted by Gasteiger charge is 2.68. The first kappa shape index (κ1) is 13.4. The largest absolute Gasteiger partial charge is 0.363 e. The van der Waals surface area contributed by atoms with Gasteiger partial charge < -0.3 is 4.74 Å².